The summed E-state index contributed by atoms with van der Waals surface area (Å²) in [6.07, 6.45) is 2.87. The van der Waals surface area contributed by atoms with E-state index in [9.17, 15) is 4.79 Å². The van der Waals surface area contributed by atoms with Crippen LogP contribution in [-0.2, 0) is 11.2 Å². The molecule has 0 bridgehead atoms. The summed E-state index contributed by atoms with van der Waals surface area (Å²) in [6.45, 7) is 1.13. The van der Waals surface area contributed by atoms with Crippen molar-refractivity contribution in [1.29, 1.82) is 0 Å². The molecule has 1 aromatic heterocycles. The van der Waals surface area contributed by atoms with Gasteiger partial charge in [0.1, 0.15) is 5.75 Å². The number of hydrogen-bond donors (Lipinski definition) is 2. The van der Waals surface area contributed by atoms with Crippen LogP contribution >= 0.6 is 0 Å². The van der Waals surface area contributed by atoms with E-state index in [1.807, 2.05) is 49.3 Å². The number of aryl methyl sites for hydroxylation is 1. The smallest absolute Gasteiger partial charge is 0.220 e. The van der Waals surface area contributed by atoms with Gasteiger partial charge < -0.3 is 20.3 Å². The number of nitrogens with zero attached hydrogens (tertiary/aromatic N) is 3. The maximum absolute atomic E-state index is 11.9. The minimum absolute atomic E-state index is 0.0331. The summed E-state index contributed by atoms with van der Waals surface area (Å²) < 4.78 is 5.12. The van der Waals surface area contributed by atoms with Crippen molar-refractivity contribution in [3.63, 3.8) is 0 Å². The number of methoxy groups -OCH3 is 1. The molecule has 0 spiro atoms. The zero-order valence-corrected chi connectivity index (χ0v) is 15.0. The van der Waals surface area contributed by atoms with Gasteiger partial charge in [0.05, 0.1) is 19.0 Å². The number of ether oxygens (including phenoxy) is 1. The average Bonchev–Trinajstić information content (AvgIpc) is 2.64. The van der Waals surface area contributed by atoms with E-state index in [4.69, 9.17) is 4.74 Å². The first kappa shape index (κ1) is 18.5. The molecule has 2 aromatic rings. The van der Waals surface area contributed by atoms with Gasteiger partial charge in [-0.05, 0) is 24.1 Å². The number of rotatable bonds is 9. The minimum Gasteiger partial charge on any atom is -0.497 e. The molecule has 0 unspecified atom stereocenters. The molecule has 1 aromatic carbocycles. The van der Waals surface area contributed by atoms with E-state index >= 15 is 0 Å². The van der Waals surface area contributed by atoms with Crippen molar-refractivity contribution in [3.05, 3.63) is 42.1 Å². The van der Waals surface area contributed by atoms with E-state index in [0.29, 0.717) is 31.7 Å². The predicted octanol–water partition coefficient (Wildman–Crippen LogP) is 1.71. The van der Waals surface area contributed by atoms with Crippen molar-refractivity contribution in [2.45, 2.75) is 12.8 Å². The number of carbonyl (C=O) groups is 1. The van der Waals surface area contributed by atoms with Crippen LogP contribution in [-0.4, -0.2) is 50.4 Å². The normalized spacial score (nSPS) is 10.2. The summed E-state index contributed by atoms with van der Waals surface area (Å²) in [5.41, 5.74) is 2.09. The molecule has 0 aliphatic heterocycles. The highest BCUT2D eigenvalue weighted by atomic mass is 16.5. The maximum Gasteiger partial charge on any atom is 0.220 e. The van der Waals surface area contributed by atoms with Gasteiger partial charge in [-0.1, -0.05) is 12.1 Å². The topological polar surface area (TPSA) is 79.4 Å². The first-order valence-corrected chi connectivity index (χ1v) is 8.22. The van der Waals surface area contributed by atoms with Crippen molar-refractivity contribution >= 4 is 17.4 Å². The van der Waals surface area contributed by atoms with Gasteiger partial charge in [-0.15, -0.1) is 5.10 Å². The second-order valence-corrected chi connectivity index (χ2v) is 5.82. The lowest BCUT2D eigenvalue weighted by molar-refractivity contribution is -0.120. The highest BCUT2D eigenvalue weighted by Gasteiger charge is 2.03. The summed E-state index contributed by atoms with van der Waals surface area (Å²) >= 11 is 0. The molecule has 2 N–H and O–H groups in total. The van der Waals surface area contributed by atoms with Crippen LogP contribution in [0.4, 0.5) is 11.5 Å². The van der Waals surface area contributed by atoms with Gasteiger partial charge >= 0.3 is 0 Å². The number of aromatic nitrogens is 2. The highest BCUT2D eigenvalue weighted by molar-refractivity contribution is 5.76. The number of nitrogens with one attached hydrogen (secondary N) is 2. The monoisotopic (exact) mass is 343 g/mol. The summed E-state index contributed by atoms with van der Waals surface area (Å²) in [5.74, 6) is 1.55. The highest BCUT2D eigenvalue weighted by Crippen LogP contribution is 2.13. The molecule has 0 aliphatic carbocycles. The second kappa shape index (κ2) is 9.46. The molecule has 25 heavy (non-hydrogen) atoms. The molecule has 0 aliphatic rings. The Labute approximate surface area is 148 Å². The molecular weight excluding hydrogens is 318 g/mol. The van der Waals surface area contributed by atoms with E-state index in [1.165, 1.54) is 0 Å². The molecule has 0 atom stereocenters. The fourth-order valence-electron chi connectivity index (χ4n) is 2.22. The maximum atomic E-state index is 11.9. The summed E-state index contributed by atoms with van der Waals surface area (Å²) in [6, 6.07) is 9.67. The van der Waals surface area contributed by atoms with Crippen LogP contribution in [0.2, 0.25) is 0 Å². The van der Waals surface area contributed by atoms with E-state index in [2.05, 4.69) is 20.8 Å². The lowest BCUT2D eigenvalue weighted by Crippen LogP contribution is -2.29. The standard InChI is InChI=1S/C18H25N5O2/c1-23(2)15-12-17(22-21-13-15)19-10-11-20-18(24)9-6-14-4-7-16(25-3)8-5-14/h4-5,7-8,12-13H,6,9-11H2,1-3H3,(H,19,22)(H,20,24). The van der Waals surface area contributed by atoms with Gasteiger partial charge in [-0.25, -0.2) is 0 Å². The van der Waals surface area contributed by atoms with Crippen LogP contribution in [0.25, 0.3) is 0 Å². The largest absolute Gasteiger partial charge is 0.497 e. The molecule has 0 saturated heterocycles. The third-order valence-corrected chi connectivity index (χ3v) is 3.71. The Hall–Kier alpha value is -2.83. The molecule has 0 fully saturated rings. The number of amides is 1. The predicted molar refractivity (Wildman–Crippen MR) is 99.2 cm³/mol. The molecule has 0 saturated carbocycles. The summed E-state index contributed by atoms with van der Waals surface area (Å²) in [4.78, 5) is 13.9. The van der Waals surface area contributed by atoms with Gasteiger partial charge in [0, 0.05) is 39.7 Å². The Morgan fingerprint density at radius 2 is 1.96 bits per heavy atom. The van der Waals surface area contributed by atoms with Crippen LogP contribution in [0.5, 0.6) is 5.75 Å². The molecular formula is C18H25N5O2. The van der Waals surface area contributed by atoms with Gasteiger partial charge in [0.15, 0.2) is 5.82 Å². The third kappa shape index (κ3) is 6.29. The Kier molecular flexibility index (Phi) is 7.00. The molecule has 2 rings (SSSR count). The lowest BCUT2D eigenvalue weighted by atomic mass is 10.1. The van der Waals surface area contributed by atoms with Crippen molar-refractivity contribution in [1.82, 2.24) is 15.5 Å². The second-order valence-electron chi connectivity index (χ2n) is 5.82. The van der Waals surface area contributed by atoms with Crippen LogP contribution < -0.4 is 20.3 Å². The Bertz CT molecular complexity index is 673. The zero-order chi connectivity index (χ0) is 18.1. The quantitative estimate of drug-likeness (QED) is 0.675. The minimum atomic E-state index is 0.0331. The summed E-state index contributed by atoms with van der Waals surface area (Å²) in [7, 11) is 5.53. The number of benzene rings is 1. The molecule has 1 amide bonds. The molecule has 7 nitrogen and oxygen atoms in total. The first-order valence-electron chi connectivity index (χ1n) is 8.22. The lowest BCUT2D eigenvalue weighted by Gasteiger charge is -2.13. The molecule has 0 radical (unpaired) electrons. The van der Waals surface area contributed by atoms with E-state index in [1.54, 1.807) is 13.3 Å². The van der Waals surface area contributed by atoms with Gasteiger partial charge in [0.2, 0.25) is 5.91 Å². The molecule has 134 valence electrons. The van der Waals surface area contributed by atoms with E-state index in [-0.39, 0.29) is 5.91 Å². The number of hydrogen-bond acceptors (Lipinski definition) is 6. The Balaban J connectivity index is 1.65. The van der Waals surface area contributed by atoms with Gasteiger partial charge in [-0.2, -0.15) is 5.10 Å². The van der Waals surface area contributed by atoms with Crippen LogP contribution in [0.3, 0.4) is 0 Å². The van der Waals surface area contributed by atoms with Crippen molar-refractivity contribution in [3.8, 4) is 5.75 Å². The molecule has 7 heteroatoms. The van der Waals surface area contributed by atoms with E-state index in [0.717, 1.165) is 17.0 Å². The summed E-state index contributed by atoms with van der Waals surface area (Å²) in [5, 5.41) is 14.0. The third-order valence-electron chi connectivity index (χ3n) is 3.71. The SMILES string of the molecule is COc1ccc(CCC(=O)NCCNc2cc(N(C)C)cnn2)cc1. The van der Waals surface area contributed by atoms with Crippen molar-refractivity contribution < 1.29 is 9.53 Å². The van der Waals surface area contributed by atoms with Crippen molar-refractivity contribution in [2.24, 2.45) is 0 Å². The fourth-order valence-corrected chi connectivity index (χ4v) is 2.22. The number of carbonyl (C=O) groups excluding carboxylic acids is 1. The fraction of sp³-hybridized carbons (Fsp3) is 0.389. The van der Waals surface area contributed by atoms with E-state index < -0.39 is 0 Å². The molecule has 1 heterocycles. The number of anilines is 2. The van der Waals surface area contributed by atoms with Gasteiger partial charge in [-0.3, -0.25) is 4.79 Å². The Morgan fingerprint density at radius 3 is 2.64 bits per heavy atom. The van der Waals surface area contributed by atoms with Crippen LogP contribution in [0, 0.1) is 0 Å². The Morgan fingerprint density at radius 1 is 1.20 bits per heavy atom. The van der Waals surface area contributed by atoms with Crippen molar-refractivity contribution in [2.75, 3.05) is 44.5 Å². The van der Waals surface area contributed by atoms with Gasteiger partial charge in [0.25, 0.3) is 0 Å². The average molecular weight is 343 g/mol. The zero-order valence-electron chi connectivity index (χ0n) is 15.0. The first-order chi connectivity index (χ1) is 12.1. The van der Waals surface area contributed by atoms with Crippen LogP contribution in [0.15, 0.2) is 36.5 Å². The van der Waals surface area contributed by atoms with Crippen LogP contribution in [0.1, 0.15) is 12.0 Å².